The van der Waals surface area contributed by atoms with E-state index in [9.17, 15) is 14.4 Å². The minimum atomic E-state index is -0.513. The van der Waals surface area contributed by atoms with Gasteiger partial charge in [-0.25, -0.2) is 5.84 Å². The van der Waals surface area contributed by atoms with Gasteiger partial charge in [0.25, 0.3) is 11.1 Å². The zero-order valence-electron chi connectivity index (χ0n) is 16.5. The molecule has 2 N–H and O–H groups in total. The van der Waals surface area contributed by atoms with Crippen molar-refractivity contribution >= 4 is 53.5 Å². The van der Waals surface area contributed by atoms with Crippen molar-refractivity contribution < 1.29 is 19.1 Å². The number of esters is 1. The lowest BCUT2D eigenvalue weighted by molar-refractivity contribution is -0.131. The minimum Gasteiger partial charge on any atom is -0.426 e. The first-order chi connectivity index (χ1) is 12.5. The smallest absolute Gasteiger partial charge is 0.308 e. The lowest BCUT2D eigenvalue weighted by Crippen LogP contribution is -2.50. The van der Waals surface area contributed by atoms with Crippen molar-refractivity contribution in [2.75, 3.05) is 0 Å². The molecule has 0 spiro atoms. The van der Waals surface area contributed by atoms with Crippen molar-refractivity contribution in [1.29, 1.82) is 0 Å². The molecule has 0 bridgehead atoms. The molecule has 0 unspecified atom stereocenters. The van der Waals surface area contributed by atoms with E-state index in [1.165, 1.54) is 6.92 Å². The van der Waals surface area contributed by atoms with Gasteiger partial charge in [-0.05, 0) is 44.5 Å². The highest BCUT2D eigenvalue weighted by molar-refractivity contribution is 6.67. The summed E-state index contributed by atoms with van der Waals surface area (Å²) >= 11 is 5.16. The summed E-state index contributed by atoms with van der Waals surface area (Å²) < 4.78 is 4.99. The topological polar surface area (TPSA) is 89.7 Å². The summed E-state index contributed by atoms with van der Waals surface area (Å²) in [6.07, 6.45) is 0. The highest BCUT2D eigenvalue weighted by Gasteiger charge is 2.26. The van der Waals surface area contributed by atoms with E-state index >= 15 is 0 Å². The Labute approximate surface area is 188 Å². The van der Waals surface area contributed by atoms with Crippen LogP contribution in [0.15, 0.2) is 54.6 Å². The van der Waals surface area contributed by atoms with Crippen molar-refractivity contribution in [2.24, 2.45) is 5.84 Å². The van der Waals surface area contributed by atoms with E-state index < -0.39 is 16.8 Å². The van der Waals surface area contributed by atoms with E-state index in [0.717, 1.165) is 5.01 Å². The van der Waals surface area contributed by atoms with Crippen molar-refractivity contribution in [3.8, 4) is 5.75 Å². The van der Waals surface area contributed by atoms with E-state index in [1.807, 2.05) is 26.8 Å². The molecule has 0 aromatic heterocycles. The molecule has 2 rings (SSSR count). The number of nitrogens with zero attached hydrogens (tertiary/aromatic N) is 1. The summed E-state index contributed by atoms with van der Waals surface area (Å²) in [6, 6.07) is 15.3. The maximum Gasteiger partial charge on any atom is 0.308 e. The van der Waals surface area contributed by atoms with Crippen LogP contribution in [-0.4, -0.2) is 27.7 Å². The molecule has 0 radical (unpaired) electrons. The Kier molecular flexibility index (Phi) is 13.2. The fourth-order valence-electron chi connectivity index (χ4n) is 1.89. The normalized spacial score (nSPS) is 9.59. The standard InChI is InChI=1S/C13H18N2O3.C7H5ClO.2ClH/c1-9(16)18-11-8-6-5-7-10(11)12(17)15(14)13(2,3)4;8-7(9)6-4-2-1-3-5-6;;/h5-8H,14H2,1-4H3;1-5H;2*1H. The van der Waals surface area contributed by atoms with Crippen LogP contribution in [0.1, 0.15) is 48.4 Å². The molecule has 0 aliphatic carbocycles. The SMILES string of the molecule is CC(=O)Oc1ccccc1C(=O)N(N)C(C)(C)C.Cl.Cl.O=C(Cl)c1ccccc1. The number of benzene rings is 2. The molecule has 9 heteroatoms. The molecule has 2 aromatic carbocycles. The maximum atomic E-state index is 12.2. The van der Waals surface area contributed by atoms with Crippen LogP contribution in [0.3, 0.4) is 0 Å². The molecule has 160 valence electrons. The van der Waals surface area contributed by atoms with Crippen LogP contribution in [0.25, 0.3) is 0 Å². The van der Waals surface area contributed by atoms with Crippen LogP contribution in [-0.2, 0) is 4.79 Å². The van der Waals surface area contributed by atoms with Crippen LogP contribution in [0.5, 0.6) is 5.75 Å². The molecular formula is C20H25Cl3N2O4. The maximum absolute atomic E-state index is 12.2. The van der Waals surface area contributed by atoms with Gasteiger partial charge in [-0.3, -0.25) is 19.4 Å². The molecule has 0 saturated heterocycles. The number of carbonyl (C=O) groups is 3. The van der Waals surface area contributed by atoms with Crippen LogP contribution in [0.2, 0.25) is 0 Å². The molecule has 0 aliphatic heterocycles. The number of halogens is 3. The Bertz CT molecular complexity index is 809. The zero-order valence-corrected chi connectivity index (χ0v) is 18.9. The van der Waals surface area contributed by atoms with Crippen LogP contribution >= 0.6 is 36.4 Å². The molecule has 0 heterocycles. The first kappa shape index (κ1) is 29.1. The summed E-state index contributed by atoms with van der Waals surface area (Å²) in [4.78, 5) is 33.6. The summed E-state index contributed by atoms with van der Waals surface area (Å²) in [5.74, 6) is 5.12. The number of hydrazine groups is 1. The van der Waals surface area contributed by atoms with E-state index in [0.29, 0.717) is 5.56 Å². The van der Waals surface area contributed by atoms with Gasteiger partial charge in [0.2, 0.25) is 0 Å². The zero-order chi connectivity index (χ0) is 20.6. The van der Waals surface area contributed by atoms with Crippen molar-refractivity contribution in [2.45, 2.75) is 33.2 Å². The fraction of sp³-hybridized carbons (Fsp3) is 0.250. The van der Waals surface area contributed by atoms with E-state index in [4.69, 9.17) is 22.2 Å². The number of rotatable bonds is 3. The summed E-state index contributed by atoms with van der Waals surface area (Å²) in [7, 11) is 0. The number of amides is 1. The molecule has 2 aromatic rings. The predicted molar refractivity (Wildman–Crippen MR) is 119 cm³/mol. The van der Waals surface area contributed by atoms with Gasteiger partial charge in [0.1, 0.15) is 5.75 Å². The second-order valence-corrected chi connectivity index (χ2v) is 6.92. The van der Waals surface area contributed by atoms with Gasteiger partial charge in [-0.1, -0.05) is 42.5 Å². The first-order valence-electron chi connectivity index (χ1n) is 8.15. The molecule has 1 amide bonds. The minimum absolute atomic E-state index is 0. The van der Waals surface area contributed by atoms with Gasteiger partial charge in [-0.2, -0.15) is 0 Å². The van der Waals surface area contributed by atoms with Gasteiger partial charge in [0, 0.05) is 12.5 Å². The highest BCUT2D eigenvalue weighted by Crippen LogP contribution is 2.22. The highest BCUT2D eigenvalue weighted by atomic mass is 35.5. The Hall–Kier alpha value is -2.12. The molecule has 0 aliphatic rings. The fourth-order valence-corrected chi connectivity index (χ4v) is 2.02. The average Bonchev–Trinajstić information content (AvgIpc) is 2.61. The largest absolute Gasteiger partial charge is 0.426 e. The van der Waals surface area contributed by atoms with E-state index in [2.05, 4.69) is 0 Å². The summed E-state index contributed by atoms with van der Waals surface area (Å²) in [6.45, 7) is 6.74. The second kappa shape index (κ2) is 13.2. The number of carbonyl (C=O) groups excluding carboxylic acids is 3. The average molecular weight is 464 g/mol. The molecule has 29 heavy (non-hydrogen) atoms. The number of nitrogens with two attached hydrogens (primary N) is 1. The summed E-state index contributed by atoms with van der Waals surface area (Å²) in [5, 5.41) is 0.714. The second-order valence-electron chi connectivity index (χ2n) is 6.58. The predicted octanol–water partition coefficient (Wildman–Crippen LogP) is 4.64. The van der Waals surface area contributed by atoms with Crippen molar-refractivity contribution in [1.82, 2.24) is 5.01 Å². The van der Waals surface area contributed by atoms with Gasteiger partial charge < -0.3 is 4.74 Å². The van der Waals surface area contributed by atoms with Crippen molar-refractivity contribution in [3.63, 3.8) is 0 Å². The molecule has 0 saturated carbocycles. The Balaban J connectivity index is 0. The van der Waals surface area contributed by atoms with Gasteiger partial charge in [0.05, 0.1) is 11.1 Å². The third-order valence-corrected chi connectivity index (χ3v) is 3.53. The lowest BCUT2D eigenvalue weighted by atomic mass is 10.1. The Morgan fingerprint density at radius 2 is 1.41 bits per heavy atom. The van der Waals surface area contributed by atoms with Gasteiger partial charge in [-0.15, -0.1) is 24.8 Å². The van der Waals surface area contributed by atoms with Crippen LogP contribution < -0.4 is 10.6 Å². The Morgan fingerprint density at radius 1 is 0.931 bits per heavy atom. The molecule has 0 fully saturated rings. The van der Waals surface area contributed by atoms with E-state index in [1.54, 1.807) is 48.5 Å². The summed E-state index contributed by atoms with van der Waals surface area (Å²) in [5.41, 5.74) is 0.296. The van der Waals surface area contributed by atoms with Gasteiger partial charge in [0.15, 0.2) is 0 Å². The number of ether oxygens (including phenoxy) is 1. The number of hydrogen-bond acceptors (Lipinski definition) is 5. The molecular weight excluding hydrogens is 439 g/mol. The lowest BCUT2D eigenvalue weighted by Gasteiger charge is -2.31. The van der Waals surface area contributed by atoms with Crippen molar-refractivity contribution in [3.05, 3.63) is 65.7 Å². The van der Waals surface area contributed by atoms with Crippen LogP contribution in [0.4, 0.5) is 0 Å². The molecule has 0 atom stereocenters. The number of para-hydroxylation sites is 1. The third kappa shape index (κ3) is 9.76. The third-order valence-electron chi connectivity index (χ3n) is 3.31. The number of hydrogen-bond donors (Lipinski definition) is 1. The Morgan fingerprint density at radius 3 is 1.83 bits per heavy atom. The first-order valence-corrected chi connectivity index (χ1v) is 8.53. The quantitative estimate of drug-likeness (QED) is 0.179. The van der Waals surface area contributed by atoms with Gasteiger partial charge >= 0.3 is 5.97 Å². The van der Waals surface area contributed by atoms with E-state index in [-0.39, 0.29) is 42.0 Å². The van der Waals surface area contributed by atoms with Crippen LogP contribution in [0, 0.1) is 0 Å². The monoisotopic (exact) mass is 462 g/mol. The molecule has 6 nitrogen and oxygen atoms in total.